The molecule has 2 aliphatic rings. The van der Waals surface area contributed by atoms with Crippen LogP contribution in [0.3, 0.4) is 0 Å². The van der Waals surface area contributed by atoms with E-state index in [1.807, 2.05) is 0 Å². The zero-order valence-corrected chi connectivity index (χ0v) is 12.3. The first-order chi connectivity index (χ1) is 8.61. The maximum atomic E-state index is 5.84. The minimum Gasteiger partial charge on any atom is -0.380 e. The Bertz CT molecular complexity index is 251. The van der Waals surface area contributed by atoms with Gasteiger partial charge in [0.2, 0.25) is 0 Å². The molecule has 2 rings (SSSR count). The van der Waals surface area contributed by atoms with Crippen LogP contribution in [0.15, 0.2) is 0 Å². The van der Waals surface area contributed by atoms with Crippen molar-refractivity contribution in [2.45, 2.75) is 58.6 Å². The van der Waals surface area contributed by atoms with Gasteiger partial charge in [0.05, 0.1) is 19.3 Å². The standard InChI is InChI=1S/C15H29NO2/c1-13(2)18-12-15(6-7-15)11-16-8-10-17-9-4-5-14(16)3/h13-14H,4-12H2,1-3H3. The van der Waals surface area contributed by atoms with Crippen molar-refractivity contribution in [2.75, 3.05) is 32.9 Å². The summed E-state index contributed by atoms with van der Waals surface area (Å²) >= 11 is 0. The van der Waals surface area contributed by atoms with Gasteiger partial charge < -0.3 is 9.47 Å². The Morgan fingerprint density at radius 3 is 2.78 bits per heavy atom. The summed E-state index contributed by atoms with van der Waals surface area (Å²) in [6, 6.07) is 0.699. The molecular weight excluding hydrogens is 226 g/mol. The Labute approximate surface area is 112 Å². The van der Waals surface area contributed by atoms with Crippen molar-refractivity contribution in [2.24, 2.45) is 5.41 Å². The van der Waals surface area contributed by atoms with E-state index in [4.69, 9.17) is 9.47 Å². The molecule has 18 heavy (non-hydrogen) atoms. The van der Waals surface area contributed by atoms with Gasteiger partial charge in [0.15, 0.2) is 0 Å². The molecule has 0 spiro atoms. The highest BCUT2D eigenvalue weighted by molar-refractivity contribution is 4.96. The summed E-state index contributed by atoms with van der Waals surface area (Å²) in [6.07, 6.45) is 5.50. The number of rotatable bonds is 5. The van der Waals surface area contributed by atoms with Gasteiger partial charge in [-0.1, -0.05) is 0 Å². The Morgan fingerprint density at radius 2 is 2.11 bits per heavy atom. The Kier molecular flexibility index (Phi) is 5.05. The summed E-state index contributed by atoms with van der Waals surface area (Å²) in [7, 11) is 0. The van der Waals surface area contributed by atoms with Crippen LogP contribution >= 0.6 is 0 Å². The minimum absolute atomic E-state index is 0.357. The highest BCUT2D eigenvalue weighted by Gasteiger charge is 2.44. The second-order valence-corrected chi connectivity index (χ2v) is 6.43. The summed E-state index contributed by atoms with van der Waals surface area (Å²) in [5, 5.41) is 0. The monoisotopic (exact) mass is 255 g/mol. The maximum Gasteiger partial charge on any atom is 0.0593 e. The summed E-state index contributed by atoms with van der Waals surface area (Å²) in [6.45, 7) is 11.7. The van der Waals surface area contributed by atoms with Crippen molar-refractivity contribution >= 4 is 0 Å². The molecule has 3 nitrogen and oxygen atoms in total. The van der Waals surface area contributed by atoms with E-state index < -0.39 is 0 Å². The van der Waals surface area contributed by atoms with E-state index in [-0.39, 0.29) is 0 Å². The highest BCUT2D eigenvalue weighted by Crippen LogP contribution is 2.47. The van der Waals surface area contributed by atoms with Gasteiger partial charge in [-0.25, -0.2) is 0 Å². The largest absolute Gasteiger partial charge is 0.380 e. The molecule has 0 aromatic carbocycles. The molecule has 3 heteroatoms. The van der Waals surface area contributed by atoms with E-state index >= 15 is 0 Å². The third kappa shape index (κ3) is 4.22. The normalized spacial score (nSPS) is 29.0. The summed E-state index contributed by atoms with van der Waals surface area (Å²) in [5.74, 6) is 0. The van der Waals surface area contributed by atoms with Crippen LogP contribution in [0.1, 0.15) is 46.5 Å². The first kappa shape index (κ1) is 14.3. The molecular formula is C15H29NO2. The van der Waals surface area contributed by atoms with Gasteiger partial charge in [-0.2, -0.15) is 0 Å². The third-order valence-electron chi connectivity index (χ3n) is 4.28. The van der Waals surface area contributed by atoms with Crippen molar-refractivity contribution in [1.82, 2.24) is 4.90 Å². The van der Waals surface area contributed by atoms with Crippen LogP contribution in [0.2, 0.25) is 0 Å². The van der Waals surface area contributed by atoms with Crippen LogP contribution in [0.25, 0.3) is 0 Å². The van der Waals surface area contributed by atoms with E-state index in [2.05, 4.69) is 25.7 Å². The fraction of sp³-hybridized carbons (Fsp3) is 1.00. The van der Waals surface area contributed by atoms with Crippen molar-refractivity contribution in [3.05, 3.63) is 0 Å². The zero-order valence-electron chi connectivity index (χ0n) is 12.3. The second kappa shape index (κ2) is 6.36. The molecule has 1 atom stereocenters. The van der Waals surface area contributed by atoms with E-state index in [1.54, 1.807) is 0 Å². The van der Waals surface area contributed by atoms with Gasteiger partial charge in [0.1, 0.15) is 0 Å². The molecule has 106 valence electrons. The molecule has 1 aliphatic heterocycles. The smallest absolute Gasteiger partial charge is 0.0593 e. The number of hydrogen-bond acceptors (Lipinski definition) is 3. The Hall–Kier alpha value is -0.120. The summed E-state index contributed by atoms with van der Waals surface area (Å²) < 4.78 is 11.5. The van der Waals surface area contributed by atoms with E-state index in [1.165, 1.54) is 32.2 Å². The lowest BCUT2D eigenvalue weighted by atomic mass is 10.0. The molecule has 0 bridgehead atoms. The Balaban J connectivity index is 1.82. The maximum absolute atomic E-state index is 5.84. The van der Waals surface area contributed by atoms with E-state index in [0.717, 1.165) is 26.4 Å². The van der Waals surface area contributed by atoms with Gasteiger partial charge >= 0.3 is 0 Å². The van der Waals surface area contributed by atoms with Crippen molar-refractivity contribution < 1.29 is 9.47 Å². The van der Waals surface area contributed by atoms with Crippen LogP contribution in [0.5, 0.6) is 0 Å². The van der Waals surface area contributed by atoms with E-state index in [9.17, 15) is 0 Å². The average Bonchev–Trinajstić information content (AvgIpc) is 3.07. The molecule has 2 fully saturated rings. The van der Waals surface area contributed by atoms with Gasteiger partial charge in [0, 0.05) is 31.2 Å². The molecule has 1 aliphatic carbocycles. The molecule has 0 radical (unpaired) electrons. The molecule has 0 aromatic heterocycles. The van der Waals surface area contributed by atoms with Crippen LogP contribution in [-0.4, -0.2) is 50.0 Å². The predicted molar refractivity (Wildman–Crippen MR) is 73.8 cm³/mol. The first-order valence-electron chi connectivity index (χ1n) is 7.55. The second-order valence-electron chi connectivity index (χ2n) is 6.43. The topological polar surface area (TPSA) is 21.7 Å². The highest BCUT2D eigenvalue weighted by atomic mass is 16.5. The predicted octanol–water partition coefficient (Wildman–Crippen LogP) is 2.69. The van der Waals surface area contributed by atoms with Crippen molar-refractivity contribution in [3.63, 3.8) is 0 Å². The minimum atomic E-state index is 0.357. The number of hydrogen-bond donors (Lipinski definition) is 0. The molecule has 0 N–H and O–H groups in total. The lowest BCUT2D eigenvalue weighted by molar-refractivity contribution is 0.00972. The summed E-state index contributed by atoms with van der Waals surface area (Å²) in [5.41, 5.74) is 0.456. The van der Waals surface area contributed by atoms with Gasteiger partial charge in [-0.3, -0.25) is 4.90 Å². The number of nitrogens with zero attached hydrogens (tertiary/aromatic N) is 1. The lowest BCUT2D eigenvalue weighted by Crippen LogP contribution is -2.42. The zero-order chi connectivity index (χ0) is 13.0. The number of ether oxygens (including phenoxy) is 2. The molecule has 1 unspecified atom stereocenters. The molecule has 1 saturated carbocycles. The van der Waals surface area contributed by atoms with E-state index in [0.29, 0.717) is 17.6 Å². The summed E-state index contributed by atoms with van der Waals surface area (Å²) in [4.78, 5) is 2.62. The van der Waals surface area contributed by atoms with Gasteiger partial charge in [-0.05, 0) is 46.5 Å². The fourth-order valence-electron chi connectivity index (χ4n) is 2.70. The Morgan fingerprint density at radius 1 is 1.33 bits per heavy atom. The fourth-order valence-corrected chi connectivity index (χ4v) is 2.70. The quantitative estimate of drug-likeness (QED) is 0.754. The van der Waals surface area contributed by atoms with Crippen LogP contribution in [0.4, 0.5) is 0 Å². The van der Waals surface area contributed by atoms with Crippen LogP contribution in [-0.2, 0) is 9.47 Å². The third-order valence-corrected chi connectivity index (χ3v) is 4.28. The molecule has 0 amide bonds. The molecule has 0 aromatic rings. The van der Waals surface area contributed by atoms with Crippen LogP contribution < -0.4 is 0 Å². The van der Waals surface area contributed by atoms with Crippen molar-refractivity contribution in [1.29, 1.82) is 0 Å². The van der Waals surface area contributed by atoms with Gasteiger partial charge in [0.25, 0.3) is 0 Å². The lowest BCUT2D eigenvalue weighted by Gasteiger charge is -2.34. The van der Waals surface area contributed by atoms with Crippen molar-refractivity contribution in [3.8, 4) is 0 Å². The van der Waals surface area contributed by atoms with Gasteiger partial charge in [-0.15, -0.1) is 0 Å². The SMILES string of the molecule is CC(C)OCC1(CN2CCOCCCC2C)CC1. The molecule has 1 saturated heterocycles. The molecule has 1 heterocycles. The van der Waals surface area contributed by atoms with Crippen LogP contribution in [0, 0.1) is 5.41 Å². The average molecular weight is 255 g/mol. The first-order valence-corrected chi connectivity index (χ1v) is 7.55.